The van der Waals surface area contributed by atoms with Crippen LogP contribution in [0.4, 0.5) is 0 Å². The number of aromatic nitrogens is 2. The van der Waals surface area contributed by atoms with Crippen molar-refractivity contribution in [1.29, 1.82) is 0 Å². The van der Waals surface area contributed by atoms with Crippen LogP contribution >= 0.6 is 0 Å². The summed E-state index contributed by atoms with van der Waals surface area (Å²) in [6, 6.07) is 29.4. The molecule has 0 amide bonds. The molecule has 0 saturated heterocycles. The number of H-pyrrole nitrogens is 1. The normalized spacial score (nSPS) is 10.6. The van der Waals surface area contributed by atoms with Gasteiger partial charge in [0, 0.05) is 5.39 Å². The second-order valence-electron chi connectivity index (χ2n) is 5.50. The fourth-order valence-electron chi connectivity index (χ4n) is 2.77. The maximum atomic E-state index is 3.88. The third-order valence-corrected chi connectivity index (χ3v) is 3.96. The summed E-state index contributed by atoms with van der Waals surface area (Å²) in [5, 5.41) is 13.2. The monoisotopic (exact) mass is 296 g/mol. The van der Waals surface area contributed by atoms with Gasteiger partial charge in [0.25, 0.3) is 0 Å². The van der Waals surface area contributed by atoms with Crippen LogP contribution in [0.25, 0.3) is 32.4 Å². The van der Waals surface area contributed by atoms with E-state index in [2.05, 4.69) is 70.9 Å². The van der Waals surface area contributed by atoms with Crippen molar-refractivity contribution in [3.8, 4) is 0 Å². The van der Waals surface area contributed by atoms with Gasteiger partial charge in [-0.3, -0.25) is 5.10 Å². The van der Waals surface area contributed by atoms with Crippen molar-refractivity contribution in [2.75, 3.05) is 0 Å². The van der Waals surface area contributed by atoms with Gasteiger partial charge < -0.3 is 0 Å². The molecule has 0 aliphatic heterocycles. The van der Waals surface area contributed by atoms with Crippen LogP contribution in [-0.2, 0) is 0 Å². The molecule has 2 heteroatoms. The Bertz CT molecular complexity index is 941. The Morgan fingerprint density at radius 2 is 0.957 bits per heavy atom. The van der Waals surface area contributed by atoms with E-state index in [1.807, 2.05) is 30.5 Å². The molecule has 2 nitrogen and oxygen atoms in total. The minimum Gasteiger partial charge on any atom is -0.278 e. The van der Waals surface area contributed by atoms with Crippen molar-refractivity contribution in [3.63, 3.8) is 0 Å². The minimum atomic E-state index is 1.09. The van der Waals surface area contributed by atoms with Gasteiger partial charge >= 0.3 is 0 Å². The van der Waals surface area contributed by atoms with E-state index in [1.54, 1.807) is 0 Å². The van der Waals surface area contributed by atoms with Crippen LogP contribution in [0.2, 0.25) is 0 Å². The second kappa shape index (κ2) is 5.93. The van der Waals surface area contributed by atoms with Crippen LogP contribution in [0.5, 0.6) is 0 Å². The number of para-hydroxylation sites is 1. The Labute approximate surface area is 134 Å². The first kappa shape index (κ1) is 13.5. The summed E-state index contributed by atoms with van der Waals surface area (Å²) in [5.41, 5.74) is 1.09. The molecule has 0 atom stereocenters. The molecule has 0 fully saturated rings. The number of nitrogens with zero attached hydrogens (tertiary/aromatic N) is 1. The maximum absolute atomic E-state index is 3.88. The van der Waals surface area contributed by atoms with Gasteiger partial charge in [0.05, 0.1) is 11.7 Å². The summed E-state index contributed by atoms with van der Waals surface area (Å²) in [7, 11) is 0. The van der Waals surface area contributed by atoms with Crippen molar-refractivity contribution in [2.24, 2.45) is 0 Å². The molecule has 1 heterocycles. The van der Waals surface area contributed by atoms with Gasteiger partial charge in [0.1, 0.15) is 0 Å². The van der Waals surface area contributed by atoms with E-state index in [1.165, 1.54) is 21.5 Å². The molecular formula is C21H16N2. The van der Waals surface area contributed by atoms with Gasteiger partial charge in [-0.05, 0) is 39.7 Å². The Morgan fingerprint density at radius 3 is 1.43 bits per heavy atom. The van der Waals surface area contributed by atoms with E-state index < -0.39 is 0 Å². The lowest BCUT2D eigenvalue weighted by molar-refractivity contribution is 1.12. The second-order valence-corrected chi connectivity index (χ2v) is 5.50. The molecule has 0 bridgehead atoms. The Balaban J connectivity index is 0.000000130. The van der Waals surface area contributed by atoms with E-state index in [-0.39, 0.29) is 0 Å². The van der Waals surface area contributed by atoms with Crippen molar-refractivity contribution >= 4 is 32.4 Å². The predicted octanol–water partition coefficient (Wildman–Crippen LogP) is 5.56. The van der Waals surface area contributed by atoms with Gasteiger partial charge in [-0.25, -0.2) is 0 Å². The number of aromatic amines is 1. The molecule has 0 saturated carbocycles. The largest absolute Gasteiger partial charge is 0.278 e. The van der Waals surface area contributed by atoms with Gasteiger partial charge in [-0.15, -0.1) is 0 Å². The predicted molar refractivity (Wildman–Crippen MR) is 97.5 cm³/mol. The zero-order chi connectivity index (χ0) is 15.5. The lowest BCUT2D eigenvalue weighted by atomic mass is 10.0. The van der Waals surface area contributed by atoms with Crippen LogP contribution in [0.3, 0.4) is 0 Å². The van der Waals surface area contributed by atoms with Crippen LogP contribution < -0.4 is 0 Å². The third-order valence-electron chi connectivity index (χ3n) is 3.96. The van der Waals surface area contributed by atoms with Crippen molar-refractivity contribution in [2.45, 2.75) is 0 Å². The molecule has 5 aromatic rings. The first-order chi connectivity index (χ1) is 11.4. The van der Waals surface area contributed by atoms with Crippen LogP contribution in [0.15, 0.2) is 91.1 Å². The van der Waals surface area contributed by atoms with Crippen LogP contribution in [-0.4, -0.2) is 10.2 Å². The van der Waals surface area contributed by atoms with Gasteiger partial charge in [-0.2, -0.15) is 5.10 Å². The fourth-order valence-corrected chi connectivity index (χ4v) is 2.77. The van der Waals surface area contributed by atoms with Crippen LogP contribution in [0, 0.1) is 0 Å². The van der Waals surface area contributed by atoms with Gasteiger partial charge in [0.15, 0.2) is 0 Å². The summed E-state index contributed by atoms with van der Waals surface area (Å²) in [5.74, 6) is 0. The SMILES string of the molecule is c1ccc2[nH]ncc2c1.c1ccc2cc3ccccc3cc2c1. The van der Waals surface area contributed by atoms with E-state index in [9.17, 15) is 0 Å². The number of nitrogens with one attached hydrogen (secondary N) is 1. The number of fused-ring (bicyclic) bond motifs is 3. The molecule has 0 aliphatic rings. The zero-order valence-corrected chi connectivity index (χ0v) is 12.6. The first-order valence-corrected chi connectivity index (χ1v) is 7.66. The molecule has 0 radical (unpaired) electrons. The highest BCUT2D eigenvalue weighted by Crippen LogP contribution is 2.22. The Kier molecular flexibility index (Phi) is 3.49. The van der Waals surface area contributed by atoms with E-state index in [0.717, 1.165) is 10.9 Å². The molecule has 0 spiro atoms. The topological polar surface area (TPSA) is 28.7 Å². The van der Waals surface area contributed by atoms with Gasteiger partial charge in [0.2, 0.25) is 0 Å². The number of hydrogen-bond acceptors (Lipinski definition) is 1. The molecule has 5 rings (SSSR count). The van der Waals surface area contributed by atoms with Crippen molar-refractivity contribution < 1.29 is 0 Å². The summed E-state index contributed by atoms with van der Waals surface area (Å²) >= 11 is 0. The summed E-state index contributed by atoms with van der Waals surface area (Å²) < 4.78 is 0. The van der Waals surface area contributed by atoms with E-state index in [0.29, 0.717) is 0 Å². The van der Waals surface area contributed by atoms with Gasteiger partial charge in [-0.1, -0.05) is 66.7 Å². The minimum absolute atomic E-state index is 1.09. The van der Waals surface area contributed by atoms with E-state index in [4.69, 9.17) is 0 Å². The molecule has 4 aromatic carbocycles. The molecule has 1 N–H and O–H groups in total. The highest BCUT2D eigenvalue weighted by atomic mass is 15.1. The average Bonchev–Trinajstić information content (AvgIpc) is 3.09. The fraction of sp³-hybridized carbons (Fsp3) is 0. The van der Waals surface area contributed by atoms with Crippen LogP contribution in [0.1, 0.15) is 0 Å². The standard InChI is InChI=1S/C14H10.C7H6N2/c1-2-6-12-10-14-8-4-3-7-13(14)9-11(12)5-1;1-2-4-7-6(3-1)5-8-9-7/h1-10H;1-5H,(H,8,9). The molecular weight excluding hydrogens is 280 g/mol. The molecule has 23 heavy (non-hydrogen) atoms. The van der Waals surface area contributed by atoms with Crippen molar-refractivity contribution in [1.82, 2.24) is 10.2 Å². The van der Waals surface area contributed by atoms with Crippen molar-refractivity contribution in [3.05, 3.63) is 91.1 Å². The Hall–Kier alpha value is -3.13. The highest BCUT2D eigenvalue weighted by molar-refractivity contribution is 5.98. The Morgan fingerprint density at radius 1 is 0.522 bits per heavy atom. The summed E-state index contributed by atoms with van der Waals surface area (Å²) in [6.07, 6.45) is 1.81. The maximum Gasteiger partial charge on any atom is 0.0650 e. The summed E-state index contributed by atoms with van der Waals surface area (Å²) in [4.78, 5) is 0. The third kappa shape index (κ3) is 2.79. The zero-order valence-electron chi connectivity index (χ0n) is 12.6. The van der Waals surface area contributed by atoms with E-state index >= 15 is 0 Å². The average molecular weight is 296 g/mol. The molecule has 0 aliphatic carbocycles. The highest BCUT2D eigenvalue weighted by Gasteiger charge is 1.95. The first-order valence-electron chi connectivity index (χ1n) is 7.66. The lowest BCUT2D eigenvalue weighted by Gasteiger charge is -2.00. The molecule has 1 aromatic heterocycles. The number of rotatable bonds is 0. The smallest absolute Gasteiger partial charge is 0.0650 e. The quantitative estimate of drug-likeness (QED) is 0.373. The number of benzene rings is 4. The number of hydrogen-bond donors (Lipinski definition) is 1. The molecule has 110 valence electrons. The molecule has 0 unspecified atom stereocenters. The summed E-state index contributed by atoms with van der Waals surface area (Å²) in [6.45, 7) is 0. The lowest BCUT2D eigenvalue weighted by Crippen LogP contribution is -1.74.